The first-order chi connectivity index (χ1) is 6.36. The fourth-order valence-corrected chi connectivity index (χ4v) is 3.44. The predicted octanol–water partition coefficient (Wildman–Crippen LogP) is 2.04. The summed E-state index contributed by atoms with van der Waals surface area (Å²) >= 11 is 3.61. The number of thioether (sulfide) groups is 1. The smallest absolute Gasteiger partial charge is 0.221 e. The summed E-state index contributed by atoms with van der Waals surface area (Å²) in [5.41, 5.74) is 0. The highest BCUT2D eigenvalue weighted by Crippen LogP contribution is 2.35. The molecule has 70 valence electrons. The summed E-state index contributed by atoms with van der Waals surface area (Å²) in [7, 11) is 0. The molecule has 1 fully saturated rings. The molecule has 1 amide bonds. The minimum absolute atomic E-state index is 0.184. The lowest BCUT2D eigenvalue weighted by Crippen LogP contribution is -2.23. The SMILES string of the molecule is O=C1C[C@@H](c2cccs2)SCCN1. The van der Waals surface area contributed by atoms with Gasteiger partial charge in [0, 0.05) is 28.8 Å². The van der Waals surface area contributed by atoms with E-state index in [4.69, 9.17) is 0 Å². The van der Waals surface area contributed by atoms with E-state index in [9.17, 15) is 4.79 Å². The van der Waals surface area contributed by atoms with Crippen LogP contribution in [0.4, 0.5) is 0 Å². The lowest BCUT2D eigenvalue weighted by Gasteiger charge is -2.08. The maximum Gasteiger partial charge on any atom is 0.221 e. The molecular weight excluding hydrogens is 202 g/mol. The van der Waals surface area contributed by atoms with Crippen molar-refractivity contribution in [1.29, 1.82) is 0 Å². The first-order valence-electron chi connectivity index (χ1n) is 4.28. The Bertz CT molecular complexity index is 284. The number of hydrogen-bond acceptors (Lipinski definition) is 3. The fraction of sp³-hybridized carbons (Fsp3) is 0.444. The molecule has 2 heterocycles. The highest BCUT2D eigenvalue weighted by Gasteiger charge is 2.19. The number of amides is 1. The van der Waals surface area contributed by atoms with Gasteiger partial charge in [-0.2, -0.15) is 11.8 Å². The summed E-state index contributed by atoms with van der Waals surface area (Å²) in [4.78, 5) is 12.6. The summed E-state index contributed by atoms with van der Waals surface area (Å²) < 4.78 is 0. The number of rotatable bonds is 1. The number of thiophene rings is 1. The molecule has 1 atom stereocenters. The Morgan fingerprint density at radius 3 is 3.23 bits per heavy atom. The molecule has 0 spiro atoms. The van der Waals surface area contributed by atoms with Crippen molar-refractivity contribution in [2.24, 2.45) is 0 Å². The molecule has 4 heteroatoms. The maximum atomic E-state index is 11.3. The molecule has 2 nitrogen and oxygen atoms in total. The van der Waals surface area contributed by atoms with Crippen molar-refractivity contribution >= 4 is 29.0 Å². The average Bonchev–Trinajstić information content (AvgIpc) is 2.56. The van der Waals surface area contributed by atoms with Crippen LogP contribution in [0.2, 0.25) is 0 Å². The van der Waals surface area contributed by atoms with Crippen LogP contribution in [0.3, 0.4) is 0 Å². The minimum atomic E-state index is 0.184. The Labute approximate surface area is 85.7 Å². The van der Waals surface area contributed by atoms with E-state index in [0.29, 0.717) is 11.7 Å². The summed E-state index contributed by atoms with van der Waals surface area (Å²) in [5, 5.41) is 5.33. The van der Waals surface area contributed by atoms with Crippen molar-refractivity contribution < 1.29 is 4.79 Å². The van der Waals surface area contributed by atoms with Crippen molar-refractivity contribution in [3.63, 3.8) is 0 Å². The maximum absolute atomic E-state index is 11.3. The van der Waals surface area contributed by atoms with Crippen molar-refractivity contribution in [3.05, 3.63) is 22.4 Å². The molecule has 0 radical (unpaired) electrons. The zero-order valence-corrected chi connectivity index (χ0v) is 8.79. The van der Waals surface area contributed by atoms with Crippen LogP contribution >= 0.6 is 23.1 Å². The molecule has 13 heavy (non-hydrogen) atoms. The summed E-state index contributed by atoms with van der Waals surface area (Å²) in [6, 6.07) is 4.16. The summed E-state index contributed by atoms with van der Waals surface area (Å²) in [6.07, 6.45) is 0.630. The van der Waals surface area contributed by atoms with Gasteiger partial charge >= 0.3 is 0 Å². The van der Waals surface area contributed by atoms with Gasteiger partial charge in [-0.25, -0.2) is 0 Å². The van der Waals surface area contributed by atoms with Gasteiger partial charge in [0.2, 0.25) is 5.91 Å². The van der Waals surface area contributed by atoms with Crippen LogP contribution < -0.4 is 5.32 Å². The third kappa shape index (κ3) is 2.25. The Morgan fingerprint density at radius 2 is 2.46 bits per heavy atom. The molecule has 0 aromatic carbocycles. The van der Waals surface area contributed by atoms with Gasteiger partial charge in [-0.05, 0) is 11.4 Å². The van der Waals surface area contributed by atoms with Crippen LogP contribution in [0.1, 0.15) is 16.5 Å². The van der Waals surface area contributed by atoms with Gasteiger partial charge in [0.1, 0.15) is 0 Å². The summed E-state index contributed by atoms with van der Waals surface area (Å²) in [5.74, 6) is 1.21. The van der Waals surface area contributed by atoms with Crippen molar-refractivity contribution in [1.82, 2.24) is 5.32 Å². The molecule has 0 saturated carbocycles. The van der Waals surface area contributed by atoms with Crippen LogP contribution in [0.15, 0.2) is 17.5 Å². The molecule has 1 aliphatic heterocycles. The van der Waals surface area contributed by atoms with Crippen LogP contribution in [-0.4, -0.2) is 18.2 Å². The standard InChI is InChI=1S/C9H11NOS2/c11-9-6-8(13-5-3-10-9)7-2-1-4-12-7/h1-2,4,8H,3,5-6H2,(H,10,11)/t8-/m0/s1. The molecule has 1 aliphatic rings. The molecule has 1 saturated heterocycles. The van der Waals surface area contributed by atoms with E-state index < -0.39 is 0 Å². The van der Waals surface area contributed by atoms with Gasteiger partial charge in [-0.15, -0.1) is 11.3 Å². The largest absolute Gasteiger partial charge is 0.355 e. The minimum Gasteiger partial charge on any atom is -0.355 e. The Hall–Kier alpha value is -0.480. The van der Waals surface area contributed by atoms with Crippen molar-refractivity contribution in [2.45, 2.75) is 11.7 Å². The van der Waals surface area contributed by atoms with Gasteiger partial charge in [0.15, 0.2) is 0 Å². The second-order valence-corrected chi connectivity index (χ2v) is 5.22. The first kappa shape index (κ1) is 9.09. The predicted molar refractivity (Wildman–Crippen MR) is 57.1 cm³/mol. The number of nitrogens with one attached hydrogen (secondary N) is 1. The van der Waals surface area contributed by atoms with E-state index >= 15 is 0 Å². The van der Waals surface area contributed by atoms with E-state index in [1.165, 1.54) is 4.88 Å². The van der Waals surface area contributed by atoms with E-state index in [1.54, 1.807) is 11.3 Å². The molecular formula is C9H11NOS2. The van der Waals surface area contributed by atoms with Crippen LogP contribution in [0, 0.1) is 0 Å². The van der Waals surface area contributed by atoms with Gasteiger partial charge < -0.3 is 5.32 Å². The molecule has 1 aromatic rings. The molecule has 1 aromatic heterocycles. The second kappa shape index (κ2) is 4.15. The third-order valence-electron chi connectivity index (χ3n) is 1.97. The van der Waals surface area contributed by atoms with E-state index in [0.717, 1.165) is 12.3 Å². The van der Waals surface area contributed by atoms with Gasteiger partial charge in [0.05, 0.1) is 0 Å². The van der Waals surface area contributed by atoms with Crippen LogP contribution in [-0.2, 0) is 4.79 Å². The first-order valence-corrected chi connectivity index (χ1v) is 6.21. The van der Waals surface area contributed by atoms with E-state index in [1.807, 2.05) is 17.8 Å². The average molecular weight is 213 g/mol. The second-order valence-electron chi connectivity index (χ2n) is 2.93. The topological polar surface area (TPSA) is 29.1 Å². The summed E-state index contributed by atoms with van der Waals surface area (Å²) in [6.45, 7) is 0.811. The number of hydrogen-bond donors (Lipinski definition) is 1. The Kier molecular flexibility index (Phi) is 2.90. The normalized spacial score (nSPS) is 23.7. The third-order valence-corrected chi connectivity index (χ3v) is 4.37. The quantitative estimate of drug-likeness (QED) is 0.773. The molecule has 0 bridgehead atoms. The van der Waals surface area contributed by atoms with Crippen molar-refractivity contribution in [2.75, 3.05) is 12.3 Å². The molecule has 0 unspecified atom stereocenters. The van der Waals surface area contributed by atoms with Crippen LogP contribution in [0.25, 0.3) is 0 Å². The molecule has 0 aliphatic carbocycles. The van der Waals surface area contributed by atoms with Gasteiger partial charge in [0.25, 0.3) is 0 Å². The van der Waals surface area contributed by atoms with E-state index in [-0.39, 0.29) is 5.91 Å². The van der Waals surface area contributed by atoms with Crippen molar-refractivity contribution in [3.8, 4) is 0 Å². The highest BCUT2D eigenvalue weighted by atomic mass is 32.2. The lowest BCUT2D eigenvalue weighted by atomic mass is 10.2. The van der Waals surface area contributed by atoms with Gasteiger partial charge in [-0.1, -0.05) is 6.07 Å². The molecule has 2 rings (SSSR count). The monoisotopic (exact) mass is 213 g/mol. The van der Waals surface area contributed by atoms with Crippen LogP contribution in [0.5, 0.6) is 0 Å². The fourth-order valence-electron chi connectivity index (χ4n) is 1.35. The molecule has 1 N–H and O–H groups in total. The number of carbonyl (C=O) groups excluding carboxylic acids is 1. The highest BCUT2D eigenvalue weighted by molar-refractivity contribution is 7.99. The Morgan fingerprint density at radius 1 is 1.54 bits per heavy atom. The lowest BCUT2D eigenvalue weighted by molar-refractivity contribution is -0.120. The number of carbonyl (C=O) groups is 1. The zero-order valence-electron chi connectivity index (χ0n) is 7.16. The Balaban J connectivity index is 2.09. The van der Waals surface area contributed by atoms with Gasteiger partial charge in [-0.3, -0.25) is 4.79 Å². The zero-order chi connectivity index (χ0) is 9.10. The van der Waals surface area contributed by atoms with E-state index in [2.05, 4.69) is 16.8 Å².